The number of nitrogens with two attached hydrogens (primary N) is 1. The highest BCUT2D eigenvalue weighted by Crippen LogP contribution is 2.24. The number of aryl methyl sites for hydroxylation is 1. The van der Waals surface area contributed by atoms with Crippen molar-refractivity contribution >= 4 is 22.6 Å². The molecule has 3 heterocycles. The van der Waals surface area contributed by atoms with Gasteiger partial charge in [-0.15, -0.1) is 0 Å². The highest BCUT2D eigenvalue weighted by molar-refractivity contribution is 6.32. The molecule has 0 amide bonds. The molecule has 27 heavy (non-hydrogen) atoms. The highest BCUT2D eigenvalue weighted by atomic mass is 35.5. The number of halogens is 1. The molecule has 1 fully saturated rings. The van der Waals surface area contributed by atoms with E-state index in [1.54, 1.807) is 17.2 Å². The number of hydrogen-bond acceptors (Lipinski definition) is 3. The molecule has 0 radical (unpaired) electrons. The van der Waals surface area contributed by atoms with Gasteiger partial charge in [-0.3, -0.25) is 0 Å². The van der Waals surface area contributed by atoms with E-state index in [0.717, 1.165) is 28.8 Å². The van der Waals surface area contributed by atoms with E-state index in [-0.39, 0.29) is 5.63 Å². The Balaban J connectivity index is 1.54. The molecule has 3 aromatic rings. The molecular weight excluding hydrogens is 364 g/mol. The van der Waals surface area contributed by atoms with Crippen LogP contribution in [0, 0.1) is 6.92 Å². The Hall–Kier alpha value is -2.08. The van der Waals surface area contributed by atoms with Crippen molar-refractivity contribution in [3.8, 4) is 0 Å². The number of hydrogen-bond donors (Lipinski definition) is 2. The Morgan fingerprint density at radius 3 is 2.81 bits per heavy atom. The van der Waals surface area contributed by atoms with Crippen molar-refractivity contribution in [1.29, 1.82) is 0 Å². The second-order valence-corrected chi connectivity index (χ2v) is 7.76. The van der Waals surface area contributed by atoms with Crippen LogP contribution in [-0.4, -0.2) is 19.6 Å². The van der Waals surface area contributed by atoms with E-state index in [1.165, 1.54) is 25.9 Å². The fraction of sp³-hybridized carbons (Fsp3) is 0.381. The fourth-order valence-electron chi connectivity index (χ4n) is 4.07. The summed E-state index contributed by atoms with van der Waals surface area (Å²) < 4.78 is 11.1. The molecule has 3 N–H and O–H groups in total. The first kappa shape index (κ1) is 18.3. The van der Waals surface area contributed by atoms with Gasteiger partial charge in [0, 0.05) is 34.9 Å². The molecule has 6 heteroatoms. The van der Waals surface area contributed by atoms with Crippen molar-refractivity contribution in [2.24, 2.45) is 0 Å². The van der Waals surface area contributed by atoms with Gasteiger partial charge in [-0.2, -0.15) is 0 Å². The SMILES string of the molecule is Cc1cc2oc(=O)cc(C[NH2+]C[C@H](c3ccco3)[NH+]3CCCC3)c2cc1Cl. The van der Waals surface area contributed by atoms with Crippen molar-refractivity contribution in [1.82, 2.24) is 0 Å². The predicted octanol–water partition coefficient (Wildman–Crippen LogP) is 1.83. The second-order valence-electron chi connectivity index (χ2n) is 7.35. The molecule has 0 bridgehead atoms. The van der Waals surface area contributed by atoms with Crippen molar-refractivity contribution in [2.45, 2.75) is 32.4 Å². The first-order chi connectivity index (χ1) is 13.1. The summed E-state index contributed by atoms with van der Waals surface area (Å²) in [5.41, 5.74) is 2.14. The summed E-state index contributed by atoms with van der Waals surface area (Å²) in [4.78, 5) is 13.5. The normalized spacial score (nSPS) is 16.2. The molecule has 142 valence electrons. The van der Waals surface area contributed by atoms with Crippen molar-refractivity contribution in [2.75, 3.05) is 19.6 Å². The Labute approximate surface area is 162 Å². The van der Waals surface area contributed by atoms with E-state index in [9.17, 15) is 4.79 Å². The van der Waals surface area contributed by atoms with Gasteiger partial charge in [0.15, 0.2) is 11.8 Å². The highest BCUT2D eigenvalue weighted by Gasteiger charge is 2.30. The van der Waals surface area contributed by atoms with E-state index in [4.69, 9.17) is 20.4 Å². The van der Waals surface area contributed by atoms with Crippen LogP contribution in [0.15, 0.2) is 50.2 Å². The van der Waals surface area contributed by atoms with Crippen LogP contribution in [0.5, 0.6) is 0 Å². The average Bonchev–Trinajstić information content (AvgIpc) is 3.34. The van der Waals surface area contributed by atoms with Gasteiger partial charge in [-0.1, -0.05) is 11.6 Å². The van der Waals surface area contributed by atoms with Gasteiger partial charge in [0.2, 0.25) is 0 Å². The molecule has 0 saturated carbocycles. The second kappa shape index (κ2) is 7.89. The van der Waals surface area contributed by atoms with Gasteiger partial charge in [0.1, 0.15) is 18.7 Å². The predicted molar refractivity (Wildman–Crippen MR) is 104 cm³/mol. The summed E-state index contributed by atoms with van der Waals surface area (Å²) in [6.07, 6.45) is 4.29. The number of furan rings is 1. The van der Waals surface area contributed by atoms with E-state index >= 15 is 0 Å². The number of quaternary nitrogens is 2. The molecular formula is C21H25ClN2O3+2. The smallest absolute Gasteiger partial charge is 0.336 e. The molecule has 0 spiro atoms. The lowest BCUT2D eigenvalue weighted by molar-refractivity contribution is -0.936. The van der Waals surface area contributed by atoms with E-state index in [0.29, 0.717) is 23.2 Å². The number of fused-ring (bicyclic) bond motifs is 1. The summed E-state index contributed by atoms with van der Waals surface area (Å²) in [6, 6.07) is 9.67. The van der Waals surface area contributed by atoms with Crippen LogP contribution in [-0.2, 0) is 6.54 Å². The summed E-state index contributed by atoms with van der Waals surface area (Å²) in [5.74, 6) is 1.04. The lowest BCUT2D eigenvalue weighted by atomic mass is 10.1. The third-order valence-corrected chi connectivity index (χ3v) is 5.91. The average molecular weight is 389 g/mol. The van der Waals surface area contributed by atoms with Crippen LogP contribution in [0.1, 0.15) is 35.8 Å². The van der Waals surface area contributed by atoms with E-state index in [1.807, 2.05) is 25.1 Å². The van der Waals surface area contributed by atoms with Crippen LogP contribution < -0.4 is 15.8 Å². The van der Waals surface area contributed by atoms with Gasteiger partial charge < -0.3 is 19.1 Å². The Kier molecular flexibility index (Phi) is 5.34. The maximum atomic E-state index is 12.0. The minimum Gasteiger partial charge on any atom is -0.463 e. The first-order valence-corrected chi connectivity index (χ1v) is 9.92. The molecule has 1 aliphatic rings. The standard InChI is InChI=1S/C21H23ClN2O3/c1-14-9-20-16(11-17(14)22)15(10-21(25)27-20)12-23-13-18(19-5-4-8-26-19)24-6-2-3-7-24/h4-5,8-11,18,23H,2-3,6-7,12-13H2,1H3/p+2/t18-/m1/s1. The van der Waals surface area contributed by atoms with Gasteiger partial charge in [0.25, 0.3) is 0 Å². The van der Waals surface area contributed by atoms with Gasteiger partial charge in [-0.25, -0.2) is 4.79 Å². The third kappa shape index (κ3) is 3.95. The maximum absolute atomic E-state index is 12.0. The Bertz CT molecular complexity index is 975. The molecule has 1 atom stereocenters. The molecule has 1 aromatic carbocycles. The number of benzene rings is 1. The zero-order chi connectivity index (χ0) is 18.8. The topological polar surface area (TPSA) is 64.4 Å². The zero-order valence-electron chi connectivity index (χ0n) is 15.5. The lowest BCUT2D eigenvalue weighted by Crippen LogP contribution is -3.13. The quantitative estimate of drug-likeness (QED) is 0.633. The van der Waals surface area contributed by atoms with Crippen LogP contribution in [0.2, 0.25) is 5.02 Å². The summed E-state index contributed by atoms with van der Waals surface area (Å²) in [6.45, 7) is 5.89. The molecule has 2 aromatic heterocycles. The summed E-state index contributed by atoms with van der Waals surface area (Å²) >= 11 is 6.29. The minimum absolute atomic E-state index is 0.319. The Morgan fingerprint density at radius 1 is 1.26 bits per heavy atom. The summed E-state index contributed by atoms with van der Waals surface area (Å²) in [7, 11) is 0. The van der Waals surface area contributed by atoms with Crippen molar-refractivity contribution < 1.29 is 19.1 Å². The van der Waals surface area contributed by atoms with Crippen LogP contribution >= 0.6 is 11.6 Å². The molecule has 0 unspecified atom stereocenters. The minimum atomic E-state index is -0.319. The van der Waals surface area contributed by atoms with Crippen LogP contribution in [0.25, 0.3) is 11.0 Å². The number of nitrogens with one attached hydrogen (secondary N) is 1. The summed E-state index contributed by atoms with van der Waals surface area (Å²) in [5, 5.41) is 3.85. The molecule has 1 aliphatic heterocycles. The molecule has 0 aliphatic carbocycles. The maximum Gasteiger partial charge on any atom is 0.336 e. The van der Waals surface area contributed by atoms with Gasteiger partial charge in [-0.05, 0) is 36.8 Å². The molecule has 5 nitrogen and oxygen atoms in total. The molecule has 1 saturated heterocycles. The molecule has 4 rings (SSSR count). The van der Waals surface area contributed by atoms with Gasteiger partial charge >= 0.3 is 5.63 Å². The van der Waals surface area contributed by atoms with Crippen molar-refractivity contribution in [3.05, 3.63) is 68.9 Å². The monoisotopic (exact) mass is 388 g/mol. The third-order valence-electron chi connectivity index (χ3n) is 5.50. The number of likely N-dealkylation sites (tertiary alicyclic amines) is 1. The fourth-order valence-corrected chi connectivity index (χ4v) is 4.24. The van der Waals surface area contributed by atoms with Crippen LogP contribution in [0.4, 0.5) is 0 Å². The zero-order valence-corrected chi connectivity index (χ0v) is 16.2. The van der Waals surface area contributed by atoms with Crippen molar-refractivity contribution in [3.63, 3.8) is 0 Å². The first-order valence-electron chi connectivity index (χ1n) is 9.54. The van der Waals surface area contributed by atoms with E-state index < -0.39 is 0 Å². The largest absolute Gasteiger partial charge is 0.463 e. The Morgan fingerprint density at radius 2 is 2.07 bits per heavy atom. The van der Waals surface area contributed by atoms with Gasteiger partial charge in [0.05, 0.1) is 19.4 Å². The lowest BCUT2D eigenvalue weighted by Gasteiger charge is -2.21. The number of rotatable bonds is 6. The van der Waals surface area contributed by atoms with Crippen LogP contribution in [0.3, 0.4) is 0 Å². The van der Waals surface area contributed by atoms with E-state index in [2.05, 4.69) is 11.4 Å².